The van der Waals surface area contributed by atoms with Gasteiger partial charge in [0.2, 0.25) is 5.91 Å². The summed E-state index contributed by atoms with van der Waals surface area (Å²) in [5.74, 6) is 1.54. The van der Waals surface area contributed by atoms with Crippen molar-refractivity contribution in [1.82, 2.24) is 14.6 Å². The number of aromatic nitrogens is 3. The van der Waals surface area contributed by atoms with Gasteiger partial charge in [0.15, 0.2) is 11.5 Å². The van der Waals surface area contributed by atoms with Gasteiger partial charge in [-0.25, -0.2) is 9.50 Å². The molecule has 2 aliphatic rings. The van der Waals surface area contributed by atoms with Crippen molar-refractivity contribution < 1.29 is 22.7 Å². The number of fused-ring (bicyclic) bond motifs is 3. The number of rotatable bonds is 4. The highest BCUT2D eigenvalue weighted by Crippen LogP contribution is 2.52. The Morgan fingerprint density at radius 3 is 2.53 bits per heavy atom. The van der Waals surface area contributed by atoms with Crippen molar-refractivity contribution in [2.45, 2.75) is 51.8 Å². The van der Waals surface area contributed by atoms with Crippen LogP contribution >= 0.6 is 0 Å². The molecule has 5 rings (SSSR count). The Morgan fingerprint density at radius 1 is 1.19 bits per heavy atom. The summed E-state index contributed by atoms with van der Waals surface area (Å²) in [6, 6.07) is 7.59. The van der Waals surface area contributed by atoms with Crippen LogP contribution < -0.4 is 10.1 Å². The standard InChI is InChI=1S/C23H23F3N4O2/c1-12-9-19(18-11-14-3-4-16(18)10-14)28-22-20(21(27-13(2)31)29-30(12)22)15-5-7-17(8-6-15)32-23(24,25)26/h5-9,14,16,18H,3-4,10-11H2,1-2H3,(H,27,29,31). The summed E-state index contributed by atoms with van der Waals surface area (Å²) < 4.78 is 43.3. The fraction of sp³-hybridized carbons (Fsp3) is 0.435. The van der Waals surface area contributed by atoms with E-state index in [1.54, 1.807) is 4.52 Å². The second kappa shape index (κ2) is 7.50. The Kier molecular flexibility index (Phi) is 4.87. The quantitative estimate of drug-likeness (QED) is 0.580. The average molecular weight is 444 g/mol. The third-order valence-electron chi connectivity index (χ3n) is 6.58. The number of carbonyl (C=O) groups is 1. The smallest absolute Gasteiger partial charge is 0.406 e. The van der Waals surface area contributed by atoms with Gasteiger partial charge in [0, 0.05) is 24.2 Å². The first-order valence-corrected chi connectivity index (χ1v) is 10.7. The van der Waals surface area contributed by atoms with E-state index in [0.29, 0.717) is 34.4 Å². The van der Waals surface area contributed by atoms with Crippen molar-refractivity contribution >= 4 is 17.4 Å². The third kappa shape index (κ3) is 3.80. The number of carbonyl (C=O) groups excluding carboxylic acids is 1. The van der Waals surface area contributed by atoms with Crippen molar-refractivity contribution in [1.29, 1.82) is 0 Å². The lowest BCUT2D eigenvalue weighted by Crippen LogP contribution is -2.16. The molecule has 3 atom stereocenters. The number of amides is 1. The second-order valence-corrected chi connectivity index (χ2v) is 8.82. The van der Waals surface area contributed by atoms with E-state index < -0.39 is 6.36 Å². The largest absolute Gasteiger partial charge is 0.573 e. The van der Waals surface area contributed by atoms with E-state index in [0.717, 1.165) is 23.7 Å². The summed E-state index contributed by atoms with van der Waals surface area (Å²) in [7, 11) is 0. The molecule has 1 N–H and O–H groups in total. The Balaban J connectivity index is 1.61. The van der Waals surface area contributed by atoms with E-state index in [-0.39, 0.29) is 11.7 Å². The number of nitrogens with zero attached hydrogens (tertiary/aromatic N) is 3. The summed E-state index contributed by atoms with van der Waals surface area (Å²) >= 11 is 0. The van der Waals surface area contributed by atoms with E-state index in [1.807, 2.05) is 6.92 Å². The first-order valence-electron chi connectivity index (χ1n) is 10.7. The Morgan fingerprint density at radius 2 is 1.94 bits per heavy atom. The first kappa shape index (κ1) is 20.8. The second-order valence-electron chi connectivity index (χ2n) is 8.82. The summed E-state index contributed by atoms with van der Waals surface area (Å²) in [4.78, 5) is 16.8. The molecule has 1 aromatic carbocycles. The molecule has 2 bridgehead atoms. The van der Waals surface area contributed by atoms with Crippen LogP contribution in [0.15, 0.2) is 30.3 Å². The topological polar surface area (TPSA) is 68.5 Å². The van der Waals surface area contributed by atoms with Gasteiger partial charge >= 0.3 is 6.36 Å². The molecule has 0 radical (unpaired) electrons. The highest BCUT2D eigenvalue weighted by Gasteiger charge is 2.41. The number of nitrogens with one attached hydrogen (secondary N) is 1. The van der Waals surface area contributed by atoms with Gasteiger partial charge in [0.1, 0.15) is 5.75 Å². The monoisotopic (exact) mass is 444 g/mol. The van der Waals surface area contributed by atoms with Gasteiger partial charge in [0.25, 0.3) is 0 Å². The molecule has 1 amide bonds. The maximum absolute atomic E-state index is 12.5. The Hall–Kier alpha value is -3.10. The molecule has 0 spiro atoms. The van der Waals surface area contributed by atoms with Crippen LogP contribution in [0, 0.1) is 18.8 Å². The highest BCUT2D eigenvalue weighted by atomic mass is 19.4. The van der Waals surface area contributed by atoms with E-state index in [1.165, 1.54) is 50.5 Å². The molecule has 2 aromatic heterocycles. The number of anilines is 1. The fourth-order valence-corrected chi connectivity index (χ4v) is 5.33. The minimum atomic E-state index is -4.76. The van der Waals surface area contributed by atoms with Gasteiger partial charge in [-0.1, -0.05) is 18.6 Å². The predicted molar refractivity (Wildman–Crippen MR) is 112 cm³/mol. The summed E-state index contributed by atoms with van der Waals surface area (Å²) in [6.07, 6.45) is 0.144. The zero-order valence-electron chi connectivity index (χ0n) is 17.7. The Bertz CT molecular complexity index is 1190. The number of halogens is 3. The van der Waals surface area contributed by atoms with Crippen molar-refractivity contribution in [3.05, 3.63) is 41.7 Å². The van der Waals surface area contributed by atoms with Crippen molar-refractivity contribution in [2.24, 2.45) is 11.8 Å². The maximum Gasteiger partial charge on any atom is 0.573 e. The number of ether oxygens (including phenoxy) is 1. The predicted octanol–water partition coefficient (Wildman–Crippen LogP) is 5.47. The molecule has 168 valence electrons. The molecule has 3 unspecified atom stereocenters. The normalized spacial score (nSPS) is 22.5. The number of hydrogen-bond donors (Lipinski definition) is 1. The molecular weight excluding hydrogens is 421 g/mol. The van der Waals surface area contributed by atoms with E-state index in [9.17, 15) is 18.0 Å². The van der Waals surface area contributed by atoms with Crippen molar-refractivity contribution in [2.75, 3.05) is 5.32 Å². The molecule has 2 saturated carbocycles. The number of aryl methyl sites for hydroxylation is 1. The van der Waals surface area contributed by atoms with Crippen molar-refractivity contribution in [3.63, 3.8) is 0 Å². The molecule has 3 aromatic rings. The van der Waals surface area contributed by atoms with Crippen LogP contribution in [0.25, 0.3) is 16.8 Å². The summed E-state index contributed by atoms with van der Waals surface area (Å²) in [5.41, 5.74) is 3.66. The fourth-order valence-electron chi connectivity index (χ4n) is 5.33. The van der Waals surface area contributed by atoms with Crippen LogP contribution in [-0.2, 0) is 4.79 Å². The lowest BCUT2D eigenvalue weighted by molar-refractivity contribution is -0.274. The first-order chi connectivity index (χ1) is 15.2. The van der Waals surface area contributed by atoms with E-state index in [4.69, 9.17) is 4.98 Å². The van der Waals surface area contributed by atoms with Crippen LogP contribution in [0.1, 0.15) is 49.9 Å². The zero-order valence-corrected chi connectivity index (χ0v) is 17.7. The Labute approximate surface area is 182 Å². The average Bonchev–Trinajstić information content (AvgIpc) is 3.41. The van der Waals surface area contributed by atoms with Gasteiger partial charge < -0.3 is 10.1 Å². The molecule has 9 heteroatoms. The molecule has 6 nitrogen and oxygen atoms in total. The van der Waals surface area contributed by atoms with Crippen LogP contribution in [0.2, 0.25) is 0 Å². The maximum atomic E-state index is 12.5. The molecule has 0 saturated heterocycles. The molecule has 2 heterocycles. The number of benzene rings is 1. The number of alkyl halides is 3. The zero-order chi connectivity index (χ0) is 22.6. The van der Waals surface area contributed by atoms with E-state index in [2.05, 4.69) is 21.2 Å². The molecular formula is C23H23F3N4O2. The summed E-state index contributed by atoms with van der Waals surface area (Å²) in [5, 5.41) is 7.27. The van der Waals surface area contributed by atoms with Gasteiger partial charge in [-0.3, -0.25) is 4.79 Å². The van der Waals surface area contributed by atoms with Crippen LogP contribution in [0.3, 0.4) is 0 Å². The summed E-state index contributed by atoms with van der Waals surface area (Å²) in [6.45, 7) is 3.33. The molecule has 2 fully saturated rings. The lowest BCUT2D eigenvalue weighted by atomic mass is 9.86. The van der Waals surface area contributed by atoms with E-state index >= 15 is 0 Å². The van der Waals surface area contributed by atoms with Gasteiger partial charge in [0.05, 0.1) is 5.56 Å². The molecule has 32 heavy (non-hydrogen) atoms. The SMILES string of the molecule is CC(=O)Nc1nn2c(C)cc(C3CC4CCC3C4)nc2c1-c1ccc(OC(F)(F)F)cc1. The lowest BCUT2D eigenvalue weighted by Gasteiger charge is -2.21. The number of hydrogen-bond acceptors (Lipinski definition) is 4. The van der Waals surface area contributed by atoms with Gasteiger partial charge in [-0.05, 0) is 61.8 Å². The van der Waals surface area contributed by atoms with Crippen LogP contribution in [-0.4, -0.2) is 26.9 Å². The third-order valence-corrected chi connectivity index (χ3v) is 6.58. The van der Waals surface area contributed by atoms with Crippen LogP contribution in [0.4, 0.5) is 19.0 Å². The molecule has 2 aliphatic carbocycles. The minimum absolute atomic E-state index is 0.294. The molecule has 0 aliphatic heterocycles. The van der Waals surface area contributed by atoms with Gasteiger partial charge in [-0.2, -0.15) is 0 Å². The van der Waals surface area contributed by atoms with Gasteiger partial charge in [-0.15, -0.1) is 18.3 Å². The van der Waals surface area contributed by atoms with Crippen molar-refractivity contribution in [3.8, 4) is 16.9 Å². The highest BCUT2D eigenvalue weighted by molar-refractivity contribution is 5.96. The minimum Gasteiger partial charge on any atom is -0.406 e. The van der Waals surface area contributed by atoms with Crippen LogP contribution in [0.5, 0.6) is 5.75 Å².